The Hall–Kier alpha value is -3.04. The van der Waals surface area contributed by atoms with Crippen molar-refractivity contribution in [3.63, 3.8) is 0 Å². The third-order valence-corrected chi connectivity index (χ3v) is 11.9. The van der Waals surface area contributed by atoms with Gasteiger partial charge in [-0.15, -0.1) is 6.58 Å². The first kappa shape index (κ1) is 38.4. The van der Waals surface area contributed by atoms with E-state index in [-0.39, 0.29) is 36.8 Å². The highest BCUT2D eigenvalue weighted by Crippen LogP contribution is 2.65. The summed E-state index contributed by atoms with van der Waals surface area (Å²) in [4.78, 5) is 68.3. The van der Waals surface area contributed by atoms with Crippen molar-refractivity contribution in [2.75, 3.05) is 39.8 Å². The maximum absolute atomic E-state index is 14.3. The van der Waals surface area contributed by atoms with E-state index in [9.17, 15) is 32.4 Å². The molecule has 5 amide bonds. The predicted octanol–water partition coefficient (Wildman–Crippen LogP) is 0.856. The Morgan fingerprint density at radius 2 is 1.60 bits per heavy atom. The minimum Gasteiger partial charge on any atom is -0.346 e. The normalized spacial score (nSPS) is 25.6. The van der Waals surface area contributed by atoms with Crippen molar-refractivity contribution in [3.05, 3.63) is 12.7 Å². The molecular formula is C32H55N7O7S. The Morgan fingerprint density at radius 1 is 0.979 bits per heavy atom. The van der Waals surface area contributed by atoms with Gasteiger partial charge in [0.25, 0.3) is 16.1 Å². The number of hydrogen-bond donors (Lipinski definition) is 4. The van der Waals surface area contributed by atoms with Crippen molar-refractivity contribution in [1.29, 1.82) is 0 Å². The maximum atomic E-state index is 14.3. The number of rotatable bonds is 12. The van der Waals surface area contributed by atoms with E-state index in [1.54, 1.807) is 6.92 Å². The van der Waals surface area contributed by atoms with Crippen LogP contribution in [0.3, 0.4) is 0 Å². The van der Waals surface area contributed by atoms with Crippen LogP contribution >= 0.6 is 0 Å². The molecule has 3 rings (SSSR count). The van der Waals surface area contributed by atoms with Crippen LogP contribution in [0.5, 0.6) is 0 Å². The number of Topliss-reactive ketones (excluding diaryl/α,β-unsaturated/α-hetero) is 1. The Kier molecular flexibility index (Phi) is 11.3. The quantitative estimate of drug-likeness (QED) is 0.174. The fourth-order valence-corrected chi connectivity index (χ4v) is 7.94. The molecule has 47 heavy (non-hydrogen) atoms. The molecule has 6 atom stereocenters. The number of carbonyl (C=O) groups is 5. The zero-order valence-electron chi connectivity index (χ0n) is 29.6. The lowest BCUT2D eigenvalue weighted by Gasteiger charge is -2.39. The number of urea groups is 1. The molecule has 2 heterocycles. The Balaban J connectivity index is 1.81. The highest BCUT2D eigenvalue weighted by molar-refractivity contribution is 7.87. The van der Waals surface area contributed by atoms with E-state index < -0.39 is 74.7 Å². The van der Waals surface area contributed by atoms with Crippen LogP contribution < -0.4 is 21.3 Å². The van der Waals surface area contributed by atoms with Gasteiger partial charge in [0, 0.05) is 45.8 Å². The first-order valence-electron chi connectivity index (χ1n) is 16.3. The van der Waals surface area contributed by atoms with Gasteiger partial charge in [0.2, 0.25) is 17.6 Å². The summed E-state index contributed by atoms with van der Waals surface area (Å²) in [5, 5.41) is 10.9. The number of ketones is 1. The lowest BCUT2D eigenvalue weighted by Crippen LogP contribution is -2.62. The number of hydrogen-bond acceptors (Lipinski definition) is 7. The van der Waals surface area contributed by atoms with Gasteiger partial charge in [-0.05, 0) is 34.5 Å². The van der Waals surface area contributed by atoms with Crippen LogP contribution in [0, 0.1) is 28.1 Å². The van der Waals surface area contributed by atoms with Gasteiger partial charge < -0.3 is 26.2 Å². The second kappa shape index (κ2) is 13.8. The Bertz CT molecular complexity index is 1370. The number of nitrogens with zero attached hydrogens (tertiary/aromatic N) is 3. The molecule has 14 nitrogen and oxygen atoms in total. The fourth-order valence-electron chi connectivity index (χ4n) is 6.58. The summed E-state index contributed by atoms with van der Waals surface area (Å²) in [6.07, 6.45) is 1.63. The second-order valence-electron chi connectivity index (χ2n) is 15.7. The van der Waals surface area contributed by atoms with Gasteiger partial charge in [0.05, 0.1) is 6.04 Å². The molecular weight excluding hydrogens is 626 g/mol. The highest BCUT2D eigenvalue weighted by atomic mass is 32.2. The van der Waals surface area contributed by atoms with Crippen molar-refractivity contribution < 1.29 is 32.4 Å². The lowest BCUT2D eigenvalue weighted by atomic mass is 9.85. The van der Waals surface area contributed by atoms with Crippen LogP contribution in [-0.2, 0) is 29.4 Å². The molecule has 1 saturated carbocycles. The molecule has 0 spiro atoms. The standard InChI is InChI=1S/C32H55N7O7S/c1-12-14-33-27(42)24(40)20(13-2)34-26(41)23-22-19(32(22,9)10)17-39(23)28(43)25(31(6,7)8)36-29(44)35-21(30(3,4)5)18-38-16-15-37(11)47(38,45)46/h12,19-23,25H,1,13-18H2,2-11H3,(H,33,42)(H,34,41)(H2,35,36,44)/t19-,20?,21+,22-,23-,25+/m0/s1. The predicted molar refractivity (Wildman–Crippen MR) is 178 cm³/mol. The number of carbonyl (C=O) groups excluding carboxylic acids is 5. The van der Waals surface area contributed by atoms with Gasteiger partial charge in [0.15, 0.2) is 0 Å². The minimum absolute atomic E-state index is 0.0501. The van der Waals surface area contributed by atoms with Gasteiger partial charge in [0.1, 0.15) is 12.1 Å². The van der Waals surface area contributed by atoms with E-state index in [2.05, 4.69) is 27.8 Å². The smallest absolute Gasteiger partial charge is 0.315 e. The van der Waals surface area contributed by atoms with Crippen molar-refractivity contribution in [2.24, 2.45) is 28.1 Å². The van der Waals surface area contributed by atoms with Crippen LogP contribution in [0.25, 0.3) is 0 Å². The summed E-state index contributed by atoms with van der Waals surface area (Å²) in [5.41, 5.74) is -1.49. The Labute approximate surface area is 280 Å². The number of likely N-dealkylation sites (N-methyl/N-ethyl adjacent to an activating group) is 1. The molecule has 0 aromatic heterocycles. The molecule has 0 aromatic carbocycles. The average Bonchev–Trinajstić information content (AvgIpc) is 3.23. The zero-order chi connectivity index (χ0) is 35.9. The molecule has 1 aliphatic carbocycles. The molecule has 2 aliphatic heterocycles. The molecule has 266 valence electrons. The maximum Gasteiger partial charge on any atom is 0.315 e. The number of piperidine rings is 1. The Morgan fingerprint density at radius 3 is 2.09 bits per heavy atom. The van der Waals surface area contributed by atoms with Gasteiger partial charge in [-0.1, -0.05) is 68.4 Å². The molecule has 0 aromatic rings. The van der Waals surface area contributed by atoms with Crippen LogP contribution in [0.2, 0.25) is 0 Å². The first-order valence-corrected chi connectivity index (χ1v) is 17.7. The monoisotopic (exact) mass is 681 g/mol. The summed E-state index contributed by atoms with van der Waals surface area (Å²) < 4.78 is 28.1. The number of amides is 5. The van der Waals surface area contributed by atoms with Crippen LogP contribution in [-0.4, -0.2) is 115 Å². The number of fused-ring (bicyclic) bond motifs is 1. The van der Waals surface area contributed by atoms with E-state index in [0.29, 0.717) is 19.6 Å². The van der Waals surface area contributed by atoms with Gasteiger partial charge in [-0.3, -0.25) is 19.2 Å². The second-order valence-corrected chi connectivity index (χ2v) is 17.8. The topological polar surface area (TPSA) is 177 Å². The van der Waals surface area contributed by atoms with E-state index >= 15 is 0 Å². The van der Waals surface area contributed by atoms with Crippen LogP contribution in [0.4, 0.5) is 4.79 Å². The van der Waals surface area contributed by atoms with E-state index in [4.69, 9.17) is 0 Å². The fraction of sp³-hybridized carbons (Fsp3) is 0.781. The van der Waals surface area contributed by atoms with Crippen LogP contribution in [0.15, 0.2) is 12.7 Å². The van der Waals surface area contributed by atoms with Gasteiger partial charge in [-0.25, -0.2) is 4.79 Å². The van der Waals surface area contributed by atoms with E-state index in [1.807, 2.05) is 55.4 Å². The summed E-state index contributed by atoms with van der Waals surface area (Å²) in [5.74, 6) is -2.67. The molecule has 2 saturated heterocycles. The van der Waals surface area contributed by atoms with Crippen molar-refractivity contribution in [2.45, 2.75) is 92.9 Å². The van der Waals surface area contributed by atoms with Crippen molar-refractivity contribution >= 4 is 39.7 Å². The molecule has 0 radical (unpaired) electrons. The number of nitrogens with one attached hydrogen (secondary N) is 4. The largest absolute Gasteiger partial charge is 0.346 e. The summed E-state index contributed by atoms with van der Waals surface area (Å²) in [6.45, 7) is 21.5. The summed E-state index contributed by atoms with van der Waals surface area (Å²) in [6, 6.07) is -4.20. The third kappa shape index (κ3) is 8.16. The SMILES string of the molecule is C=CCNC(=O)C(=O)C(CC)NC(=O)[C@@H]1[C@@H]2[C@H](CN1C(=O)[C@@H](NC(=O)N[C@H](CN1CCN(C)S1(=O)=O)C(C)(C)C)C(C)(C)C)C2(C)C. The average molecular weight is 682 g/mol. The first-order chi connectivity index (χ1) is 21.5. The lowest BCUT2D eigenvalue weighted by molar-refractivity contribution is -0.145. The number of likely N-dealkylation sites (tertiary alicyclic amines) is 1. The van der Waals surface area contributed by atoms with Crippen molar-refractivity contribution in [1.82, 2.24) is 34.8 Å². The molecule has 3 fully saturated rings. The third-order valence-electron chi connectivity index (χ3n) is 9.94. The van der Waals surface area contributed by atoms with E-state index in [1.165, 1.54) is 26.6 Å². The minimum atomic E-state index is -3.63. The van der Waals surface area contributed by atoms with Crippen LogP contribution in [0.1, 0.15) is 68.7 Å². The molecule has 1 unspecified atom stereocenters. The molecule has 15 heteroatoms. The van der Waals surface area contributed by atoms with E-state index in [0.717, 1.165) is 0 Å². The zero-order valence-corrected chi connectivity index (χ0v) is 30.4. The van der Waals surface area contributed by atoms with Crippen molar-refractivity contribution in [3.8, 4) is 0 Å². The summed E-state index contributed by atoms with van der Waals surface area (Å²) in [7, 11) is -2.12. The molecule has 4 N–H and O–H groups in total. The van der Waals surface area contributed by atoms with Gasteiger partial charge >= 0.3 is 6.03 Å². The highest BCUT2D eigenvalue weighted by Gasteiger charge is 2.70. The molecule has 3 aliphatic rings. The van der Waals surface area contributed by atoms with Gasteiger partial charge in [-0.2, -0.15) is 17.0 Å². The molecule has 0 bridgehead atoms. The summed E-state index contributed by atoms with van der Waals surface area (Å²) >= 11 is 0.